The highest BCUT2D eigenvalue weighted by Crippen LogP contribution is 2.31. The molecule has 0 unspecified atom stereocenters. The van der Waals surface area contributed by atoms with Crippen molar-refractivity contribution in [1.82, 2.24) is 10.3 Å². The van der Waals surface area contributed by atoms with E-state index < -0.39 is 0 Å². The number of ether oxygens (including phenoxy) is 1. The zero-order valence-corrected chi connectivity index (χ0v) is 14.2. The molecule has 0 spiro atoms. The lowest BCUT2D eigenvalue weighted by Crippen LogP contribution is -2.31. The van der Waals surface area contributed by atoms with Gasteiger partial charge in [0.05, 0.1) is 18.4 Å². The molecule has 2 aromatic rings. The topological polar surface area (TPSA) is 54.5 Å². The van der Waals surface area contributed by atoms with Crippen LogP contribution >= 0.6 is 0 Å². The summed E-state index contributed by atoms with van der Waals surface area (Å²) in [5, 5.41) is 3.03. The van der Waals surface area contributed by atoms with Crippen LogP contribution in [0.25, 0.3) is 0 Å². The number of benzene rings is 1. The molecule has 0 bridgehead atoms. The van der Waals surface area contributed by atoms with Crippen molar-refractivity contribution in [1.29, 1.82) is 0 Å². The molecule has 0 aliphatic carbocycles. The summed E-state index contributed by atoms with van der Waals surface area (Å²) in [6.45, 7) is 4.52. The van der Waals surface area contributed by atoms with E-state index in [4.69, 9.17) is 4.74 Å². The quantitative estimate of drug-likeness (QED) is 0.918. The summed E-state index contributed by atoms with van der Waals surface area (Å²) in [4.78, 5) is 18.6. The number of para-hydroxylation sites is 2. The van der Waals surface area contributed by atoms with Crippen molar-refractivity contribution in [3.05, 3.63) is 53.9 Å². The molecule has 0 saturated carbocycles. The smallest absolute Gasteiger partial charge is 0.252 e. The van der Waals surface area contributed by atoms with Gasteiger partial charge in [-0.2, -0.15) is 0 Å². The van der Waals surface area contributed by atoms with Crippen LogP contribution in [0.4, 0.5) is 5.69 Å². The van der Waals surface area contributed by atoms with Gasteiger partial charge in [-0.05, 0) is 43.0 Å². The van der Waals surface area contributed by atoms with Gasteiger partial charge in [0.2, 0.25) is 0 Å². The summed E-state index contributed by atoms with van der Waals surface area (Å²) in [5.41, 5.74) is 2.73. The Morgan fingerprint density at radius 1 is 1.38 bits per heavy atom. The maximum Gasteiger partial charge on any atom is 0.252 e. The van der Waals surface area contributed by atoms with Crippen LogP contribution in [0, 0.1) is 12.8 Å². The molecule has 126 valence electrons. The van der Waals surface area contributed by atoms with Crippen molar-refractivity contribution < 1.29 is 9.53 Å². The lowest BCUT2D eigenvalue weighted by molar-refractivity contribution is 0.0948. The van der Waals surface area contributed by atoms with E-state index in [2.05, 4.69) is 21.3 Å². The Hall–Kier alpha value is -2.56. The molecule has 1 N–H and O–H groups in total. The van der Waals surface area contributed by atoms with Crippen LogP contribution in [0.15, 0.2) is 42.7 Å². The molecule has 24 heavy (non-hydrogen) atoms. The summed E-state index contributed by atoms with van der Waals surface area (Å²) in [7, 11) is 1.70. The minimum Gasteiger partial charge on any atom is -0.495 e. The second kappa shape index (κ2) is 7.34. The number of rotatable bonds is 5. The molecule has 5 heteroatoms. The van der Waals surface area contributed by atoms with Gasteiger partial charge in [-0.15, -0.1) is 0 Å². The van der Waals surface area contributed by atoms with E-state index in [9.17, 15) is 4.79 Å². The minimum atomic E-state index is -0.0538. The van der Waals surface area contributed by atoms with Gasteiger partial charge in [0.15, 0.2) is 0 Å². The fourth-order valence-electron chi connectivity index (χ4n) is 3.13. The van der Waals surface area contributed by atoms with Gasteiger partial charge in [0.25, 0.3) is 5.91 Å². The van der Waals surface area contributed by atoms with Crippen molar-refractivity contribution in [2.45, 2.75) is 13.3 Å². The molecule has 1 aromatic carbocycles. The van der Waals surface area contributed by atoms with E-state index in [1.807, 2.05) is 31.2 Å². The molecule has 0 radical (unpaired) electrons. The first-order chi connectivity index (χ1) is 11.7. The van der Waals surface area contributed by atoms with Gasteiger partial charge >= 0.3 is 0 Å². The Morgan fingerprint density at radius 2 is 2.21 bits per heavy atom. The number of nitrogens with zero attached hydrogens (tertiary/aromatic N) is 2. The van der Waals surface area contributed by atoms with Crippen LogP contribution in [0.3, 0.4) is 0 Å². The van der Waals surface area contributed by atoms with Gasteiger partial charge in [-0.1, -0.05) is 12.1 Å². The van der Waals surface area contributed by atoms with E-state index in [0.717, 1.165) is 36.5 Å². The molecule has 3 rings (SSSR count). The molecular weight excluding hydrogens is 302 g/mol. The first-order valence-corrected chi connectivity index (χ1v) is 8.25. The van der Waals surface area contributed by atoms with E-state index in [1.165, 1.54) is 0 Å². The van der Waals surface area contributed by atoms with E-state index in [-0.39, 0.29) is 5.91 Å². The fraction of sp³-hybridized carbons (Fsp3) is 0.368. The van der Waals surface area contributed by atoms with Gasteiger partial charge in [0.1, 0.15) is 5.75 Å². The van der Waals surface area contributed by atoms with Crippen molar-refractivity contribution in [2.75, 3.05) is 31.6 Å². The zero-order chi connectivity index (χ0) is 16.9. The zero-order valence-electron chi connectivity index (χ0n) is 14.2. The Kier molecular flexibility index (Phi) is 4.99. The monoisotopic (exact) mass is 325 g/mol. The van der Waals surface area contributed by atoms with Gasteiger partial charge < -0.3 is 15.0 Å². The Bertz CT molecular complexity index is 717. The van der Waals surface area contributed by atoms with Crippen LogP contribution in [-0.4, -0.2) is 37.6 Å². The highest BCUT2D eigenvalue weighted by Gasteiger charge is 2.25. The van der Waals surface area contributed by atoms with Gasteiger partial charge in [-0.25, -0.2) is 0 Å². The molecule has 1 aliphatic heterocycles. The standard InChI is InChI=1S/C19H23N3O2/c1-14-9-16(12-20-10-14)19(23)21-11-15-7-8-22(13-15)17-5-3-4-6-18(17)24-2/h3-6,9-10,12,15H,7-8,11,13H2,1-2H3,(H,21,23)/t15-/m1/s1. The molecule has 1 amide bonds. The van der Waals surface area contributed by atoms with Crippen LogP contribution in [0.2, 0.25) is 0 Å². The number of hydrogen-bond donors (Lipinski definition) is 1. The average Bonchev–Trinajstić information content (AvgIpc) is 3.08. The van der Waals surface area contributed by atoms with Crippen molar-refractivity contribution in [2.24, 2.45) is 5.92 Å². The van der Waals surface area contributed by atoms with Crippen molar-refractivity contribution in [3.8, 4) is 5.75 Å². The van der Waals surface area contributed by atoms with E-state index in [0.29, 0.717) is 18.0 Å². The number of anilines is 1. The number of methoxy groups -OCH3 is 1. The number of nitrogens with one attached hydrogen (secondary N) is 1. The van der Waals surface area contributed by atoms with Crippen LogP contribution in [0.1, 0.15) is 22.3 Å². The maximum atomic E-state index is 12.2. The number of carbonyl (C=O) groups is 1. The average molecular weight is 325 g/mol. The summed E-state index contributed by atoms with van der Waals surface area (Å²) >= 11 is 0. The molecule has 1 saturated heterocycles. The Labute approximate surface area is 142 Å². The van der Waals surface area contributed by atoms with Gasteiger partial charge in [0, 0.05) is 32.0 Å². The fourth-order valence-corrected chi connectivity index (χ4v) is 3.13. The lowest BCUT2D eigenvalue weighted by atomic mass is 10.1. The predicted octanol–water partition coefficient (Wildman–Crippen LogP) is 2.65. The molecule has 1 atom stereocenters. The van der Waals surface area contributed by atoms with E-state index in [1.54, 1.807) is 19.5 Å². The number of amides is 1. The summed E-state index contributed by atoms with van der Waals surface area (Å²) in [5.74, 6) is 1.28. The highest BCUT2D eigenvalue weighted by molar-refractivity contribution is 5.94. The molecule has 2 heterocycles. The maximum absolute atomic E-state index is 12.2. The Balaban J connectivity index is 1.56. The Morgan fingerprint density at radius 3 is 3.00 bits per heavy atom. The van der Waals surface area contributed by atoms with Crippen molar-refractivity contribution >= 4 is 11.6 Å². The normalized spacial score (nSPS) is 16.9. The third kappa shape index (κ3) is 3.67. The number of aryl methyl sites for hydroxylation is 1. The second-order valence-electron chi connectivity index (χ2n) is 6.23. The van der Waals surface area contributed by atoms with Crippen LogP contribution in [0.5, 0.6) is 5.75 Å². The molecule has 5 nitrogen and oxygen atoms in total. The largest absolute Gasteiger partial charge is 0.495 e. The molecule has 1 aromatic heterocycles. The summed E-state index contributed by atoms with van der Waals surface area (Å²) < 4.78 is 5.44. The first-order valence-electron chi connectivity index (χ1n) is 8.25. The summed E-state index contributed by atoms with van der Waals surface area (Å²) in [6.07, 6.45) is 4.42. The summed E-state index contributed by atoms with van der Waals surface area (Å²) in [6, 6.07) is 9.93. The number of pyridine rings is 1. The van der Waals surface area contributed by atoms with Crippen LogP contribution < -0.4 is 15.0 Å². The third-order valence-electron chi connectivity index (χ3n) is 4.40. The van der Waals surface area contributed by atoms with E-state index >= 15 is 0 Å². The number of aromatic nitrogens is 1. The lowest BCUT2D eigenvalue weighted by Gasteiger charge is -2.21. The highest BCUT2D eigenvalue weighted by atomic mass is 16.5. The molecule has 1 fully saturated rings. The first kappa shape index (κ1) is 16.3. The number of hydrogen-bond acceptors (Lipinski definition) is 4. The second-order valence-corrected chi connectivity index (χ2v) is 6.23. The molecule has 1 aliphatic rings. The number of carbonyl (C=O) groups excluding carboxylic acids is 1. The third-order valence-corrected chi connectivity index (χ3v) is 4.40. The SMILES string of the molecule is COc1ccccc1N1CC[C@H](CNC(=O)c2cncc(C)c2)C1. The van der Waals surface area contributed by atoms with Crippen LogP contribution in [-0.2, 0) is 0 Å². The minimum absolute atomic E-state index is 0.0538. The van der Waals surface area contributed by atoms with Gasteiger partial charge in [-0.3, -0.25) is 9.78 Å². The molecular formula is C19H23N3O2. The predicted molar refractivity (Wildman–Crippen MR) is 94.6 cm³/mol. The van der Waals surface area contributed by atoms with Crippen molar-refractivity contribution in [3.63, 3.8) is 0 Å².